The van der Waals surface area contributed by atoms with Crippen LogP contribution in [0.15, 0.2) is 17.5 Å². The lowest BCUT2D eigenvalue weighted by molar-refractivity contribution is 0.411. The van der Waals surface area contributed by atoms with E-state index in [1.54, 1.807) is 18.4 Å². The molecule has 0 fully saturated rings. The lowest BCUT2D eigenvalue weighted by Crippen LogP contribution is -1.91. The van der Waals surface area contributed by atoms with Crippen LogP contribution in [0.5, 0.6) is 5.75 Å². The minimum absolute atomic E-state index is 0.549. The highest BCUT2D eigenvalue weighted by Crippen LogP contribution is 2.32. The van der Waals surface area contributed by atoms with E-state index >= 15 is 0 Å². The van der Waals surface area contributed by atoms with E-state index in [4.69, 9.17) is 16.3 Å². The van der Waals surface area contributed by atoms with Gasteiger partial charge >= 0.3 is 0 Å². The molecular formula is C12H12ClNOS. The summed E-state index contributed by atoms with van der Waals surface area (Å²) in [6, 6.07) is 4.11. The van der Waals surface area contributed by atoms with Gasteiger partial charge in [0.2, 0.25) is 0 Å². The molecular weight excluding hydrogens is 242 g/mol. The molecule has 1 heterocycles. The number of hydrogen-bond acceptors (Lipinski definition) is 3. The Hall–Kier alpha value is -1.06. The smallest absolute Gasteiger partial charge is 0.140 e. The highest BCUT2D eigenvalue weighted by Gasteiger charge is 2.09. The van der Waals surface area contributed by atoms with Gasteiger partial charge in [-0.2, -0.15) is 0 Å². The van der Waals surface area contributed by atoms with Gasteiger partial charge in [0.25, 0.3) is 0 Å². The van der Waals surface area contributed by atoms with Crippen molar-refractivity contribution in [2.45, 2.75) is 13.8 Å². The molecule has 0 saturated heterocycles. The predicted molar refractivity (Wildman–Crippen MR) is 68.6 cm³/mol. The summed E-state index contributed by atoms with van der Waals surface area (Å²) in [5.74, 6) is 0.906. The number of aromatic nitrogens is 1. The number of nitrogens with zero attached hydrogens (tertiary/aromatic N) is 1. The Kier molecular flexibility index (Phi) is 3.17. The Labute approximate surface area is 104 Å². The largest absolute Gasteiger partial charge is 0.496 e. The summed E-state index contributed by atoms with van der Waals surface area (Å²) in [7, 11) is 1.68. The molecule has 1 aromatic heterocycles. The second-order valence-electron chi connectivity index (χ2n) is 3.61. The predicted octanol–water partition coefficient (Wildman–Crippen LogP) is 4.09. The first kappa shape index (κ1) is 11.4. The maximum absolute atomic E-state index is 5.84. The van der Waals surface area contributed by atoms with Crippen LogP contribution < -0.4 is 4.74 Å². The fourth-order valence-corrected chi connectivity index (χ4v) is 2.65. The highest BCUT2D eigenvalue weighted by molar-refractivity contribution is 7.13. The highest BCUT2D eigenvalue weighted by atomic mass is 35.5. The molecule has 0 saturated carbocycles. The molecule has 2 nitrogen and oxygen atoms in total. The normalized spacial score (nSPS) is 10.5. The number of hydrogen-bond donors (Lipinski definition) is 0. The Morgan fingerprint density at radius 1 is 1.25 bits per heavy atom. The van der Waals surface area contributed by atoms with Gasteiger partial charge in [0, 0.05) is 10.9 Å². The molecule has 2 aromatic rings. The first-order valence-electron chi connectivity index (χ1n) is 4.88. The van der Waals surface area contributed by atoms with Crippen LogP contribution in [0.1, 0.15) is 11.1 Å². The third-order valence-electron chi connectivity index (χ3n) is 2.45. The summed E-state index contributed by atoms with van der Waals surface area (Å²) in [5.41, 5.74) is 3.37. The average molecular weight is 254 g/mol. The lowest BCUT2D eigenvalue weighted by Gasteiger charge is -2.09. The molecule has 84 valence electrons. The third kappa shape index (κ3) is 2.06. The summed E-state index contributed by atoms with van der Waals surface area (Å²) in [5, 5.41) is 3.34. The molecule has 0 aliphatic rings. The number of aryl methyl sites for hydroxylation is 2. The first-order chi connectivity index (χ1) is 7.61. The molecule has 0 aliphatic heterocycles. The molecule has 0 unspecified atom stereocenters. The van der Waals surface area contributed by atoms with Crippen LogP contribution in [-0.4, -0.2) is 12.1 Å². The zero-order chi connectivity index (χ0) is 11.7. The quantitative estimate of drug-likeness (QED) is 0.804. The van der Waals surface area contributed by atoms with Crippen molar-refractivity contribution >= 4 is 22.9 Å². The fourth-order valence-electron chi connectivity index (χ4n) is 1.62. The Balaban J connectivity index is 2.54. The molecule has 4 heteroatoms. The van der Waals surface area contributed by atoms with Crippen LogP contribution in [-0.2, 0) is 0 Å². The lowest BCUT2D eigenvalue weighted by atomic mass is 10.1. The Morgan fingerprint density at radius 3 is 2.56 bits per heavy atom. The second-order valence-corrected chi connectivity index (χ2v) is 4.86. The van der Waals surface area contributed by atoms with Gasteiger partial charge in [0.1, 0.15) is 15.9 Å². The minimum atomic E-state index is 0.549. The number of methoxy groups -OCH3 is 1. The van der Waals surface area contributed by atoms with Gasteiger partial charge in [-0.05, 0) is 37.1 Å². The van der Waals surface area contributed by atoms with Crippen LogP contribution in [0, 0.1) is 13.8 Å². The Morgan fingerprint density at radius 2 is 2.00 bits per heavy atom. The fraction of sp³-hybridized carbons (Fsp3) is 0.250. The average Bonchev–Trinajstić information content (AvgIpc) is 2.67. The first-order valence-corrected chi connectivity index (χ1v) is 6.14. The van der Waals surface area contributed by atoms with Crippen LogP contribution in [0.3, 0.4) is 0 Å². The molecule has 0 radical (unpaired) electrons. The SMILES string of the molecule is COc1cc(C)c(-c2nc(Cl)cs2)cc1C. The van der Waals surface area contributed by atoms with Crippen molar-refractivity contribution in [2.24, 2.45) is 0 Å². The van der Waals surface area contributed by atoms with Gasteiger partial charge in [0.05, 0.1) is 7.11 Å². The van der Waals surface area contributed by atoms with E-state index in [1.807, 2.05) is 25.3 Å². The molecule has 1 aromatic carbocycles. The van der Waals surface area contributed by atoms with E-state index in [2.05, 4.69) is 11.1 Å². The van der Waals surface area contributed by atoms with Gasteiger partial charge in [-0.15, -0.1) is 11.3 Å². The topological polar surface area (TPSA) is 22.1 Å². The van der Waals surface area contributed by atoms with Gasteiger partial charge in [-0.1, -0.05) is 11.6 Å². The number of ether oxygens (including phenoxy) is 1. The maximum Gasteiger partial charge on any atom is 0.140 e. The van der Waals surface area contributed by atoms with Crippen LogP contribution >= 0.6 is 22.9 Å². The van der Waals surface area contributed by atoms with Crippen LogP contribution in [0.25, 0.3) is 10.6 Å². The van der Waals surface area contributed by atoms with Crippen LogP contribution in [0.2, 0.25) is 5.15 Å². The van der Waals surface area contributed by atoms with Gasteiger partial charge < -0.3 is 4.74 Å². The maximum atomic E-state index is 5.84. The zero-order valence-corrected chi connectivity index (χ0v) is 10.9. The molecule has 0 amide bonds. The van der Waals surface area contributed by atoms with Crippen molar-refractivity contribution < 1.29 is 4.74 Å². The molecule has 0 spiro atoms. The van der Waals surface area contributed by atoms with Gasteiger partial charge in [-0.25, -0.2) is 4.98 Å². The van der Waals surface area contributed by atoms with Crippen molar-refractivity contribution in [1.82, 2.24) is 4.98 Å². The minimum Gasteiger partial charge on any atom is -0.496 e. The van der Waals surface area contributed by atoms with Crippen molar-refractivity contribution in [2.75, 3.05) is 7.11 Å². The number of halogens is 1. The third-order valence-corrected chi connectivity index (χ3v) is 3.65. The summed E-state index contributed by atoms with van der Waals surface area (Å²) >= 11 is 7.39. The molecule has 0 aliphatic carbocycles. The molecule has 0 N–H and O–H groups in total. The number of benzene rings is 1. The molecule has 0 bridgehead atoms. The van der Waals surface area contributed by atoms with E-state index in [0.29, 0.717) is 5.15 Å². The van der Waals surface area contributed by atoms with Crippen molar-refractivity contribution in [1.29, 1.82) is 0 Å². The van der Waals surface area contributed by atoms with E-state index in [1.165, 1.54) is 0 Å². The molecule has 16 heavy (non-hydrogen) atoms. The molecule has 0 atom stereocenters. The van der Waals surface area contributed by atoms with Gasteiger partial charge in [0.15, 0.2) is 0 Å². The zero-order valence-electron chi connectivity index (χ0n) is 9.37. The standard InChI is InChI=1S/C12H12ClNOS/c1-7-5-10(15-3)8(2)4-9(7)12-14-11(13)6-16-12/h4-6H,1-3H3. The van der Waals surface area contributed by atoms with Crippen molar-refractivity contribution in [3.05, 3.63) is 33.8 Å². The van der Waals surface area contributed by atoms with E-state index in [9.17, 15) is 0 Å². The summed E-state index contributed by atoms with van der Waals surface area (Å²) in [6.07, 6.45) is 0. The van der Waals surface area contributed by atoms with Crippen LogP contribution in [0.4, 0.5) is 0 Å². The van der Waals surface area contributed by atoms with E-state index in [0.717, 1.165) is 27.4 Å². The Bertz CT molecular complexity index is 522. The monoisotopic (exact) mass is 253 g/mol. The summed E-state index contributed by atoms with van der Waals surface area (Å²) < 4.78 is 5.28. The van der Waals surface area contributed by atoms with E-state index in [-0.39, 0.29) is 0 Å². The molecule has 2 rings (SSSR count). The van der Waals surface area contributed by atoms with Crippen molar-refractivity contribution in [3.8, 4) is 16.3 Å². The second kappa shape index (κ2) is 4.44. The van der Waals surface area contributed by atoms with Gasteiger partial charge in [-0.3, -0.25) is 0 Å². The number of rotatable bonds is 2. The summed E-state index contributed by atoms with van der Waals surface area (Å²) in [4.78, 5) is 4.28. The van der Waals surface area contributed by atoms with Crippen molar-refractivity contribution in [3.63, 3.8) is 0 Å². The summed E-state index contributed by atoms with van der Waals surface area (Å²) in [6.45, 7) is 4.07. The van der Waals surface area contributed by atoms with E-state index < -0.39 is 0 Å². The number of thiazole rings is 1.